The maximum atomic E-state index is 10.3. The van der Waals surface area contributed by atoms with Crippen LogP contribution in [0.2, 0.25) is 0 Å². The van der Waals surface area contributed by atoms with Crippen LogP contribution in [0.5, 0.6) is 0 Å². The second-order valence-electron chi connectivity index (χ2n) is 5.45. The molecule has 0 saturated carbocycles. The Morgan fingerprint density at radius 1 is 1.27 bits per heavy atom. The second kappa shape index (κ2) is 7.79. The molecule has 0 fully saturated rings. The predicted octanol–water partition coefficient (Wildman–Crippen LogP) is 2.88. The van der Waals surface area contributed by atoms with Gasteiger partial charge in [0.2, 0.25) is 0 Å². The fourth-order valence-corrected chi connectivity index (χ4v) is 2.83. The summed E-state index contributed by atoms with van der Waals surface area (Å²) in [5.41, 5.74) is 10.1. The highest BCUT2D eigenvalue weighted by atomic mass is 79.9. The quantitative estimate of drug-likeness (QED) is 0.289. The maximum Gasteiger partial charge on any atom is 0.275 e. The number of nitro groups is 1. The highest BCUT2D eigenvalue weighted by Crippen LogP contribution is 2.22. The summed E-state index contributed by atoms with van der Waals surface area (Å²) < 4.78 is 3.15. The lowest BCUT2D eigenvalue weighted by molar-refractivity contribution is -0.525. The van der Waals surface area contributed by atoms with Crippen molar-refractivity contribution in [3.63, 3.8) is 0 Å². The van der Waals surface area contributed by atoms with Gasteiger partial charge in [0, 0.05) is 33.7 Å². The number of hydrazine groups is 1. The minimum Gasteiger partial charge on any atom is -0.364 e. The Hall–Kier alpha value is -3.20. The molecule has 0 aliphatic rings. The van der Waals surface area contributed by atoms with Crippen LogP contribution in [-0.4, -0.2) is 21.8 Å². The smallest absolute Gasteiger partial charge is 0.275 e. The van der Waals surface area contributed by atoms with E-state index < -0.39 is 5.03 Å². The van der Waals surface area contributed by atoms with Gasteiger partial charge in [-0.25, -0.2) is 10.1 Å². The summed E-state index contributed by atoms with van der Waals surface area (Å²) in [4.78, 5) is 10.3. The normalized spacial score (nSPS) is 12.0. The molecule has 0 bridgehead atoms. The molecule has 0 amide bonds. The maximum absolute atomic E-state index is 10.3. The van der Waals surface area contributed by atoms with E-state index in [0.717, 1.165) is 26.5 Å². The zero-order valence-corrected chi connectivity index (χ0v) is 15.1. The van der Waals surface area contributed by atoms with E-state index in [4.69, 9.17) is 5.73 Å². The molecular formula is C17H15BrN6O2. The monoisotopic (exact) mass is 414 g/mol. The number of halogens is 1. The van der Waals surface area contributed by atoms with Gasteiger partial charge in [-0.2, -0.15) is 5.10 Å². The van der Waals surface area contributed by atoms with Crippen LogP contribution in [0.15, 0.2) is 69.4 Å². The van der Waals surface area contributed by atoms with Crippen molar-refractivity contribution in [1.82, 2.24) is 9.99 Å². The summed E-state index contributed by atoms with van der Waals surface area (Å²) in [5, 5.41) is 17.9. The highest BCUT2D eigenvalue weighted by Gasteiger charge is 2.07. The van der Waals surface area contributed by atoms with Gasteiger partial charge >= 0.3 is 0 Å². The van der Waals surface area contributed by atoms with Gasteiger partial charge in [-0.15, -0.1) is 5.10 Å². The largest absolute Gasteiger partial charge is 0.364 e. The van der Waals surface area contributed by atoms with Crippen molar-refractivity contribution in [2.24, 2.45) is 15.9 Å². The number of nitrogens with zero attached hydrogens (tertiary/aromatic N) is 4. The van der Waals surface area contributed by atoms with Crippen molar-refractivity contribution in [2.75, 3.05) is 0 Å². The van der Waals surface area contributed by atoms with Crippen molar-refractivity contribution >= 4 is 39.0 Å². The first kappa shape index (κ1) is 17.6. The zero-order valence-electron chi connectivity index (χ0n) is 13.5. The average molecular weight is 415 g/mol. The molecule has 0 unspecified atom stereocenters. The molecule has 1 heterocycles. The van der Waals surface area contributed by atoms with Crippen LogP contribution in [0.1, 0.15) is 11.1 Å². The Bertz CT molecular complexity index is 994. The first-order valence-corrected chi connectivity index (χ1v) is 8.42. The van der Waals surface area contributed by atoms with Crippen LogP contribution in [0, 0.1) is 10.1 Å². The standard InChI is InChI=1S/C17H15BrN6O2/c18-14-7-5-12(6-8-14)10-23-11-13(15-3-1-2-4-16(15)23)9-20-21-17(19)22-24(25)26/h1-9,11H,10H2,(H3,19,21,22). The Kier molecular flexibility index (Phi) is 5.28. The van der Waals surface area contributed by atoms with E-state index in [0.29, 0.717) is 6.54 Å². The molecule has 0 spiro atoms. The van der Waals surface area contributed by atoms with Gasteiger partial charge in [-0.1, -0.05) is 51.7 Å². The molecule has 3 rings (SSSR count). The van der Waals surface area contributed by atoms with E-state index >= 15 is 0 Å². The lowest BCUT2D eigenvalue weighted by atomic mass is 10.2. The number of nitrogens with two attached hydrogens (primary N) is 1. The first-order valence-electron chi connectivity index (χ1n) is 7.63. The van der Waals surface area contributed by atoms with Gasteiger partial charge in [-0.05, 0) is 23.8 Å². The van der Waals surface area contributed by atoms with Gasteiger partial charge in [0.05, 0.1) is 6.21 Å². The van der Waals surface area contributed by atoms with Crippen molar-refractivity contribution in [3.8, 4) is 0 Å². The number of para-hydroxylation sites is 1. The number of nitrogens with one attached hydrogen (secondary N) is 1. The Morgan fingerprint density at radius 3 is 2.73 bits per heavy atom. The van der Waals surface area contributed by atoms with Crippen LogP contribution in [0.25, 0.3) is 10.9 Å². The Morgan fingerprint density at radius 2 is 2.00 bits per heavy atom. The lowest BCUT2D eigenvalue weighted by Crippen LogP contribution is -2.35. The molecule has 3 aromatic rings. The summed E-state index contributed by atoms with van der Waals surface area (Å²) >= 11 is 3.44. The number of rotatable bonds is 5. The van der Waals surface area contributed by atoms with E-state index in [1.165, 1.54) is 6.21 Å². The molecular weight excluding hydrogens is 400 g/mol. The summed E-state index contributed by atoms with van der Waals surface area (Å²) in [6.07, 6.45) is 3.48. The molecule has 132 valence electrons. The average Bonchev–Trinajstić information content (AvgIpc) is 2.94. The topological polar surface area (TPSA) is 111 Å². The summed E-state index contributed by atoms with van der Waals surface area (Å²) in [5.74, 6) is -0.384. The summed E-state index contributed by atoms with van der Waals surface area (Å²) in [6.45, 7) is 0.704. The molecule has 26 heavy (non-hydrogen) atoms. The molecule has 1 aromatic heterocycles. The fourth-order valence-electron chi connectivity index (χ4n) is 2.56. The van der Waals surface area contributed by atoms with Gasteiger partial charge < -0.3 is 10.3 Å². The summed E-state index contributed by atoms with van der Waals surface area (Å²) in [6, 6.07) is 16.0. The molecule has 8 nitrogen and oxygen atoms in total. The number of hydrogen-bond donors (Lipinski definition) is 2. The summed E-state index contributed by atoms with van der Waals surface area (Å²) in [7, 11) is 0. The van der Waals surface area contributed by atoms with E-state index in [1.54, 1.807) is 5.43 Å². The van der Waals surface area contributed by atoms with Crippen molar-refractivity contribution in [1.29, 1.82) is 0 Å². The van der Waals surface area contributed by atoms with E-state index in [9.17, 15) is 10.1 Å². The zero-order chi connectivity index (χ0) is 18.5. The third-order valence-electron chi connectivity index (χ3n) is 3.65. The Balaban J connectivity index is 1.89. The molecule has 0 aliphatic heterocycles. The van der Waals surface area contributed by atoms with Crippen LogP contribution in [0.4, 0.5) is 0 Å². The van der Waals surface area contributed by atoms with Gasteiger partial charge in [-0.3, -0.25) is 0 Å². The number of guanidine groups is 1. The van der Waals surface area contributed by atoms with E-state index in [1.807, 2.05) is 42.6 Å². The van der Waals surface area contributed by atoms with Crippen LogP contribution < -0.4 is 11.2 Å². The molecule has 3 N–H and O–H groups in total. The van der Waals surface area contributed by atoms with Gasteiger partial charge in [0.15, 0.2) is 5.03 Å². The van der Waals surface area contributed by atoms with Gasteiger partial charge in [0.25, 0.3) is 5.96 Å². The van der Waals surface area contributed by atoms with Crippen molar-refractivity contribution < 1.29 is 5.03 Å². The van der Waals surface area contributed by atoms with Crippen LogP contribution in [0.3, 0.4) is 0 Å². The van der Waals surface area contributed by atoms with E-state index in [2.05, 4.69) is 42.8 Å². The van der Waals surface area contributed by atoms with E-state index in [-0.39, 0.29) is 5.96 Å². The second-order valence-corrected chi connectivity index (χ2v) is 6.37. The van der Waals surface area contributed by atoms with Gasteiger partial charge in [0.1, 0.15) is 0 Å². The van der Waals surface area contributed by atoms with Crippen molar-refractivity contribution in [2.45, 2.75) is 6.54 Å². The minimum absolute atomic E-state index is 0.384. The Labute approximate surface area is 157 Å². The number of aromatic nitrogens is 1. The lowest BCUT2D eigenvalue weighted by Gasteiger charge is -2.05. The molecule has 0 radical (unpaired) electrons. The van der Waals surface area contributed by atoms with Crippen LogP contribution >= 0.6 is 15.9 Å². The number of benzene rings is 2. The van der Waals surface area contributed by atoms with Crippen molar-refractivity contribution in [3.05, 3.63) is 80.4 Å². The third kappa shape index (κ3) is 4.25. The fraction of sp³-hybridized carbons (Fsp3) is 0.0588. The predicted molar refractivity (Wildman–Crippen MR) is 105 cm³/mol. The minimum atomic E-state index is -0.793. The number of fused-ring (bicyclic) bond motifs is 1. The first-order chi connectivity index (χ1) is 12.5. The highest BCUT2D eigenvalue weighted by molar-refractivity contribution is 9.10. The van der Waals surface area contributed by atoms with Crippen LogP contribution in [-0.2, 0) is 6.54 Å². The molecule has 0 aliphatic carbocycles. The third-order valence-corrected chi connectivity index (χ3v) is 4.18. The SMILES string of the molecule is NC(=NN=Cc1cn(Cc2ccc(Br)cc2)c2ccccc12)N[N+](=O)[O-]. The molecule has 0 saturated heterocycles. The molecule has 2 aromatic carbocycles. The number of hydrogen-bond acceptors (Lipinski definition) is 4. The molecule has 0 atom stereocenters. The molecule has 9 heteroatoms.